The normalized spacial score (nSPS) is 11.0. The number of imidazole rings is 1. The van der Waals surface area contributed by atoms with E-state index in [1.807, 2.05) is 24.3 Å². The summed E-state index contributed by atoms with van der Waals surface area (Å²) in [5.41, 5.74) is 2.33. The van der Waals surface area contributed by atoms with E-state index in [0.717, 1.165) is 11.0 Å². The van der Waals surface area contributed by atoms with Crippen molar-refractivity contribution < 1.29 is 9.74 Å². The molecule has 0 amide bonds. The molecule has 0 fully saturated rings. The molecule has 2 aromatic heterocycles. The Bertz CT molecular complexity index is 642. The number of aliphatic hydroxyl groups is 1. The van der Waals surface area contributed by atoms with Crippen molar-refractivity contribution in [3.8, 4) is 11.5 Å². The first-order valence-corrected chi connectivity index (χ1v) is 6.01. The first kappa shape index (κ1) is 11.7. The topological polar surface area (TPSA) is 99.9 Å². The molecule has 0 radical (unpaired) electrons. The Morgan fingerprint density at radius 2 is 2.16 bits per heavy atom. The number of anilines is 1. The summed E-state index contributed by atoms with van der Waals surface area (Å²) in [6, 6.07) is 7.72. The van der Waals surface area contributed by atoms with Crippen LogP contribution in [0.25, 0.3) is 22.6 Å². The van der Waals surface area contributed by atoms with Gasteiger partial charge >= 0.3 is 0 Å². The first-order valence-electron chi connectivity index (χ1n) is 6.01. The number of aromatic nitrogens is 4. The van der Waals surface area contributed by atoms with Crippen LogP contribution in [0.15, 0.2) is 28.9 Å². The van der Waals surface area contributed by atoms with Gasteiger partial charge in [-0.05, 0) is 28.9 Å². The van der Waals surface area contributed by atoms with Gasteiger partial charge in [-0.3, -0.25) is 0 Å². The van der Waals surface area contributed by atoms with E-state index in [4.69, 9.17) is 9.74 Å². The lowest BCUT2D eigenvalue weighted by molar-refractivity contribution is 0.292. The highest BCUT2D eigenvalue weighted by molar-refractivity contribution is 5.80. The maximum atomic E-state index is 8.76. The maximum absolute atomic E-state index is 8.76. The molecule has 0 aliphatic heterocycles. The Balaban J connectivity index is 1.91. The number of aliphatic hydroxyl groups excluding tert-OH is 1. The Kier molecular flexibility index (Phi) is 3.11. The van der Waals surface area contributed by atoms with Crippen LogP contribution in [0.2, 0.25) is 0 Å². The smallest absolute Gasteiger partial charge is 0.202 e. The molecule has 2 heterocycles. The second-order valence-electron chi connectivity index (χ2n) is 4.07. The van der Waals surface area contributed by atoms with E-state index in [1.54, 1.807) is 0 Å². The molecule has 0 saturated heterocycles. The van der Waals surface area contributed by atoms with Crippen molar-refractivity contribution >= 4 is 16.9 Å². The number of benzene rings is 1. The number of H-pyrrole nitrogens is 1. The van der Waals surface area contributed by atoms with Gasteiger partial charge in [-0.15, -0.1) is 0 Å². The van der Waals surface area contributed by atoms with Gasteiger partial charge in [0.25, 0.3) is 0 Å². The average molecular weight is 259 g/mol. The van der Waals surface area contributed by atoms with Crippen LogP contribution in [0.5, 0.6) is 0 Å². The minimum atomic E-state index is 0.123. The van der Waals surface area contributed by atoms with Crippen LogP contribution in [0.1, 0.15) is 6.42 Å². The minimum absolute atomic E-state index is 0.123. The van der Waals surface area contributed by atoms with Crippen molar-refractivity contribution in [3.63, 3.8) is 0 Å². The van der Waals surface area contributed by atoms with E-state index in [-0.39, 0.29) is 6.61 Å². The molecule has 1 aromatic carbocycles. The highest BCUT2D eigenvalue weighted by Crippen LogP contribution is 2.24. The molecule has 7 heteroatoms. The summed E-state index contributed by atoms with van der Waals surface area (Å²) in [6.07, 6.45) is 0.631. The lowest BCUT2D eigenvalue weighted by Gasteiger charge is -2.00. The van der Waals surface area contributed by atoms with Crippen molar-refractivity contribution in [2.75, 3.05) is 18.5 Å². The summed E-state index contributed by atoms with van der Waals surface area (Å²) in [4.78, 5) is 7.60. The van der Waals surface area contributed by atoms with Gasteiger partial charge in [-0.2, -0.15) is 0 Å². The summed E-state index contributed by atoms with van der Waals surface area (Å²) >= 11 is 0. The zero-order valence-electron chi connectivity index (χ0n) is 10.1. The van der Waals surface area contributed by atoms with Crippen LogP contribution in [-0.2, 0) is 0 Å². The number of hydrogen-bond donors (Lipinski definition) is 3. The number of nitrogens with one attached hydrogen (secondary N) is 2. The zero-order chi connectivity index (χ0) is 13.1. The molecule has 0 bridgehead atoms. The van der Waals surface area contributed by atoms with Crippen molar-refractivity contribution in [1.82, 2.24) is 20.3 Å². The summed E-state index contributed by atoms with van der Waals surface area (Å²) in [7, 11) is 0. The molecule has 0 aliphatic carbocycles. The number of nitrogens with zero attached hydrogens (tertiary/aromatic N) is 3. The minimum Gasteiger partial charge on any atom is -0.396 e. The van der Waals surface area contributed by atoms with Gasteiger partial charge in [0.2, 0.25) is 5.82 Å². The molecular weight excluding hydrogens is 246 g/mol. The first-order chi connectivity index (χ1) is 9.38. The van der Waals surface area contributed by atoms with Crippen LogP contribution in [0.4, 0.5) is 5.82 Å². The van der Waals surface area contributed by atoms with E-state index < -0.39 is 0 Å². The van der Waals surface area contributed by atoms with E-state index in [0.29, 0.717) is 30.3 Å². The fourth-order valence-electron chi connectivity index (χ4n) is 1.81. The third-order valence-corrected chi connectivity index (χ3v) is 2.73. The molecule has 7 nitrogen and oxygen atoms in total. The Morgan fingerprint density at radius 3 is 3.00 bits per heavy atom. The summed E-state index contributed by atoms with van der Waals surface area (Å²) in [6.45, 7) is 0.718. The number of hydrogen-bond acceptors (Lipinski definition) is 6. The Labute approximate surface area is 108 Å². The average Bonchev–Trinajstić information content (AvgIpc) is 3.04. The third kappa shape index (κ3) is 2.27. The standard InChI is InChI=1S/C12H13N5O2/c18-7-3-6-13-11-10(16-19-17-11)12-14-8-4-1-2-5-9(8)15-12/h1-2,4-5,18H,3,6-7H2,(H,13,17)(H,14,15). The number of para-hydroxylation sites is 2. The molecule has 0 saturated carbocycles. The Hall–Kier alpha value is -2.41. The Morgan fingerprint density at radius 1 is 1.26 bits per heavy atom. The van der Waals surface area contributed by atoms with E-state index in [9.17, 15) is 0 Å². The molecule has 0 unspecified atom stereocenters. The largest absolute Gasteiger partial charge is 0.396 e. The summed E-state index contributed by atoms with van der Waals surface area (Å²) in [5.74, 6) is 1.13. The molecule has 0 spiro atoms. The SMILES string of the molecule is OCCCNc1nonc1-c1nc2ccccc2[nH]1. The zero-order valence-corrected chi connectivity index (χ0v) is 10.1. The molecule has 0 atom stereocenters. The molecular formula is C12H13N5O2. The van der Waals surface area contributed by atoms with Crippen LogP contribution >= 0.6 is 0 Å². The quantitative estimate of drug-likeness (QED) is 0.599. The van der Waals surface area contributed by atoms with Crippen molar-refractivity contribution in [2.45, 2.75) is 6.42 Å². The summed E-state index contributed by atoms with van der Waals surface area (Å²) in [5, 5.41) is 19.5. The van der Waals surface area contributed by atoms with Gasteiger partial charge in [0, 0.05) is 13.2 Å². The van der Waals surface area contributed by atoms with Crippen molar-refractivity contribution in [3.05, 3.63) is 24.3 Å². The van der Waals surface area contributed by atoms with E-state index >= 15 is 0 Å². The lowest BCUT2D eigenvalue weighted by Crippen LogP contribution is -2.04. The predicted molar refractivity (Wildman–Crippen MR) is 69.6 cm³/mol. The third-order valence-electron chi connectivity index (χ3n) is 2.73. The van der Waals surface area contributed by atoms with Gasteiger partial charge in [0.05, 0.1) is 11.0 Å². The van der Waals surface area contributed by atoms with Crippen LogP contribution in [-0.4, -0.2) is 38.5 Å². The number of aromatic amines is 1. The molecule has 19 heavy (non-hydrogen) atoms. The van der Waals surface area contributed by atoms with Crippen molar-refractivity contribution in [1.29, 1.82) is 0 Å². The highest BCUT2D eigenvalue weighted by Gasteiger charge is 2.15. The molecule has 0 aliphatic rings. The summed E-state index contributed by atoms with van der Waals surface area (Å²) < 4.78 is 4.74. The van der Waals surface area contributed by atoms with Crippen molar-refractivity contribution in [2.24, 2.45) is 0 Å². The molecule has 3 rings (SSSR count). The fraction of sp³-hybridized carbons (Fsp3) is 0.250. The fourth-order valence-corrected chi connectivity index (χ4v) is 1.81. The van der Waals surface area contributed by atoms with E-state index in [2.05, 4.69) is 25.6 Å². The number of rotatable bonds is 5. The van der Waals surface area contributed by atoms with Crippen LogP contribution in [0, 0.1) is 0 Å². The maximum Gasteiger partial charge on any atom is 0.202 e. The number of fused-ring (bicyclic) bond motifs is 1. The van der Waals surface area contributed by atoms with Gasteiger partial charge < -0.3 is 15.4 Å². The highest BCUT2D eigenvalue weighted by atomic mass is 16.6. The monoisotopic (exact) mass is 259 g/mol. The molecule has 3 N–H and O–H groups in total. The lowest BCUT2D eigenvalue weighted by atomic mass is 10.3. The second-order valence-corrected chi connectivity index (χ2v) is 4.07. The molecule has 3 aromatic rings. The molecule has 98 valence electrons. The van der Waals surface area contributed by atoms with Gasteiger partial charge in [-0.1, -0.05) is 12.1 Å². The van der Waals surface area contributed by atoms with Gasteiger partial charge in [0.15, 0.2) is 11.5 Å². The second kappa shape index (κ2) is 5.07. The van der Waals surface area contributed by atoms with Crippen LogP contribution in [0.3, 0.4) is 0 Å². The predicted octanol–water partition coefficient (Wildman–Crippen LogP) is 1.41. The van der Waals surface area contributed by atoms with E-state index in [1.165, 1.54) is 0 Å². The van der Waals surface area contributed by atoms with Gasteiger partial charge in [-0.25, -0.2) is 9.61 Å². The van der Waals surface area contributed by atoms with Crippen LogP contribution < -0.4 is 5.32 Å². The van der Waals surface area contributed by atoms with Gasteiger partial charge in [0.1, 0.15) is 0 Å².